The maximum absolute atomic E-state index is 15.3. The van der Waals surface area contributed by atoms with Crippen molar-refractivity contribution in [3.05, 3.63) is 11.6 Å². The molecule has 11 aliphatic rings. The Morgan fingerprint density at radius 1 is 0.474 bits per heavy atom. The van der Waals surface area contributed by atoms with E-state index in [1.54, 1.807) is 0 Å². The van der Waals surface area contributed by atoms with Gasteiger partial charge in [0, 0.05) is 0 Å². The lowest BCUT2D eigenvalue weighted by Crippen LogP contribution is -2.67. The zero-order chi connectivity index (χ0) is 69.3. The highest BCUT2D eigenvalue weighted by molar-refractivity contribution is 5.79. The predicted molar refractivity (Wildman–Crippen MR) is 319 cm³/mol. The van der Waals surface area contributed by atoms with E-state index in [0.29, 0.717) is 38.5 Å². The monoisotopic (exact) mass is 1370 g/mol. The summed E-state index contributed by atoms with van der Waals surface area (Å²) in [5.74, 6) is -0.633. The third kappa shape index (κ3) is 12.8. The van der Waals surface area contributed by atoms with Crippen molar-refractivity contribution in [2.24, 2.45) is 50.2 Å². The van der Waals surface area contributed by atoms with Gasteiger partial charge in [-0.3, -0.25) is 4.79 Å². The first-order chi connectivity index (χ1) is 44.5. The largest absolute Gasteiger partial charge is 0.432 e. The quantitative estimate of drug-likeness (QED) is 0.0426. The van der Waals surface area contributed by atoms with E-state index in [2.05, 4.69) is 54.5 Å². The minimum Gasteiger partial charge on any atom is -0.432 e. The van der Waals surface area contributed by atoms with Crippen LogP contribution in [0.2, 0.25) is 0 Å². The molecule has 0 aromatic rings. The van der Waals surface area contributed by atoms with Crippen molar-refractivity contribution < 1.29 is 148 Å². The van der Waals surface area contributed by atoms with Gasteiger partial charge in [-0.15, -0.1) is 0 Å². The Bertz CT molecular complexity index is 2670. The van der Waals surface area contributed by atoms with Crippen molar-refractivity contribution in [3.8, 4) is 0 Å². The van der Waals surface area contributed by atoms with E-state index in [4.69, 9.17) is 56.8 Å². The fourth-order valence-electron chi connectivity index (χ4n) is 19.1. The van der Waals surface area contributed by atoms with E-state index in [1.807, 2.05) is 0 Å². The Morgan fingerprint density at radius 3 is 1.52 bits per heavy atom. The number of aliphatic hydroxyl groups excluding tert-OH is 17. The number of carbonyl (C=O) groups excluding carboxylic acids is 1. The Morgan fingerprint density at radius 2 is 0.968 bits per heavy atom. The number of fused-ring (bicyclic) bond motifs is 7. The minimum absolute atomic E-state index is 0.0963. The van der Waals surface area contributed by atoms with E-state index in [-0.39, 0.29) is 46.0 Å². The normalized spacial score (nSPS) is 54.6. The number of rotatable bonds is 15. The third-order valence-corrected chi connectivity index (χ3v) is 25.2. The molecule has 4 saturated carbocycles. The van der Waals surface area contributed by atoms with Crippen LogP contribution in [0.5, 0.6) is 0 Å². The van der Waals surface area contributed by atoms with E-state index < -0.39 is 221 Å². The standard InChI is InChI=1S/C65H106O30/c1-25-36(70)50(92-53-44(78)41(75)39(73)30(21-66)87-53)47(81)56(85-25)91-49-32(23-68)89-55(46(80)43(49)77)95-59(83)65-18-16-60(3,4)20-28(65)27-10-11-34-62(7)14-13-35(61(5,6)33(62)12-15-64(34,9)63(27,8)17-19-65)90-58-52(38(72)29(69)24-84-58)94-57-48(82)51(37(71)26(2)86-57)93-54-45(79)42(76)40(74)31(22-67)88-54/h10,25-26,28-58,66-82H,11-24H2,1-9H3/t25-,26-,28-,29-,30+,31+,32+,33-,34+,35-,36-,37-,38-,39+,40+,41-,42-,43+,44+,45+,46+,47+,48+,49+,50+,51+,52+,53-,54-,55-,56-,57-,58-,62-,63+,64+,65-/m0/s1. The molecule has 0 amide bonds. The second-order valence-corrected chi connectivity index (χ2v) is 31.4. The number of esters is 1. The maximum atomic E-state index is 15.3. The van der Waals surface area contributed by atoms with E-state index in [1.165, 1.54) is 19.4 Å². The number of hydrogen-bond donors (Lipinski definition) is 17. The molecule has 5 aliphatic carbocycles. The number of ether oxygens (including phenoxy) is 12. The molecule has 0 spiro atoms. The molecule has 10 fully saturated rings. The van der Waals surface area contributed by atoms with Crippen molar-refractivity contribution in [1.29, 1.82) is 0 Å². The molecule has 6 saturated heterocycles. The van der Waals surface area contributed by atoms with Gasteiger partial charge < -0.3 is 144 Å². The summed E-state index contributed by atoms with van der Waals surface area (Å²) in [6.45, 7) is 16.1. The summed E-state index contributed by atoms with van der Waals surface area (Å²) in [5.41, 5.74) is -1.47. The number of aliphatic hydroxyl groups is 17. The van der Waals surface area contributed by atoms with Gasteiger partial charge in [-0.05, 0) is 123 Å². The Labute approximate surface area is 551 Å². The van der Waals surface area contributed by atoms with Crippen LogP contribution in [-0.2, 0) is 61.6 Å². The van der Waals surface area contributed by atoms with E-state index >= 15 is 4.79 Å². The van der Waals surface area contributed by atoms with Gasteiger partial charge in [0.15, 0.2) is 31.5 Å². The van der Waals surface area contributed by atoms with Crippen LogP contribution in [0.15, 0.2) is 11.6 Å². The van der Waals surface area contributed by atoms with Crippen molar-refractivity contribution in [1.82, 2.24) is 0 Å². The Balaban J connectivity index is 0.769. The van der Waals surface area contributed by atoms with Crippen LogP contribution in [0.25, 0.3) is 0 Å². The number of hydrogen-bond acceptors (Lipinski definition) is 30. The smallest absolute Gasteiger partial charge is 0.315 e. The fourth-order valence-corrected chi connectivity index (χ4v) is 19.1. The minimum atomic E-state index is -1.95. The molecular weight excluding hydrogens is 1260 g/mol. The molecule has 11 rings (SSSR count). The van der Waals surface area contributed by atoms with Crippen LogP contribution in [0, 0.1) is 50.2 Å². The average molecular weight is 1370 g/mol. The van der Waals surface area contributed by atoms with Crippen molar-refractivity contribution in [3.63, 3.8) is 0 Å². The zero-order valence-electron chi connectivity index (χ0n) is 55.4. The molecule has 0 aromatic carbocycles. The van der Waals surface area contributed by atoms with Crippen molar-refractivity contribution >= 4 is 5.97 Å². The molecule has 6 aliphatic heterocycles. The zero-order valence-corrected chi connectivity index (χ0v) is 55.4. The molecule has 0 radical (unpaired) electrons. The molecule has 0 bridgehead atoms. The highest BCUT2D eigenvalue weighted by Gasteiger charge is 2.71. The first-order valence-electron chi connectivity index (χ1n) is 34.0. The Hall–Kier alpha value is -1.91. The molecular formula is C65H106O30. The van der Waals surface area contributed by atoms with Crippen LogP contribution in [0.1, 0.15) is 127 Å². The van der Waals surface area contributed by atoms with Gasteiger partial charge in [0.05, 0.1) is 50.2 Å². The van der Waals surface area contributed by atoms with E-state index in [0.717, 1.165) is 25.7 Å². The molecule has 6 heterocycles. The molecule has 30 heteroatoms. The first kappa shape index (κ1) is 74.3. The highest BCUT2D eigenvalue weighted by Crippen LogP contribution is 2.76. The average Bonchev–Trinajstić information content (AvgIpc) is 0.676. The van der Waals surface area contributed by atoms with Gasteiger partial charge in [0.1, 0.15) is 128 Å². The van der Waals surface area contributed by atoms with Crippen LogP contribution < -0.4 is 0 Å². The van der Waals surface area contributed by atoms with Gasteiger partial charge in [0.2, 0.25) is 6.29 Å². The molecule has 30 nitrogen and oxygen atoms in total. The van der Waals surface area contributed by atoms with E-state index in [9.17, 15) is 86.8 Å². The van der Waals surface area contributed by atoms with Gasteiger partial charge in [0.25, 0.3) is 0 Å². The highest BCUT2D eigenvalue weighted by atomic mass is 16.8. The summed E-state index contributed by atoms with van der Waals surface area (Å²) in [4.78, 5) is 15.3. The fraction of sp³-hybridized carbons (Fsp3) is 0.954. The van der Waals surface area contributed by atoms with Crippen LogP contribution >= 0.6 is 0 Å². The SMILES string of the molecule is C[C@@H]1O[C@@H](O[C@H]2[C@H](O[C@H]3CC[C@]4(C)[C@H]5CC=C6[C@@H]7CC(C)(C)CC[C@]7(C(=O)O[C@@H]7O[C@H](CO)[C@@H](O[C@@H]8O[C@@H](C)[C@H](O)[C@@H](O[C@@H]9O[C@H](CO)[C@@H](O)[C@H](O)[C@H]9O)[C@H]8O)[C@H](O)[C@H]7O)CC[C@@]6(C)[C@]5(C)CC[C@H]4C3(C)C)OC[C@H](O)[C@@H]2O)[C@H](O)[C@H](O[C@@H]2O[C@H](CO)[C@@H](O)[C@H](O)[C@H]2O)[C@H]1O. The van der Waals surface area contributed by atoms with Gasteiger partial charge in [-0.2, -0.15) is 0 Å². The van der Waals surface area contributed by atoms with Gasteiger partial charge in [-0.25, -0.2) is 0 Å². The summed E-state index contributed by atoms with van der Waals surface area (Å²) in [7, 11) is 0. The lowest BCUT2D eigenvalue weighted by Gasteiger charge is -2.71. The lowest BCUT2D eigenvalue weighted by atomic mass is 9.33. The summed E-state index contributed by atoms with van der Waals surface area (Å²) >= 11 is 0. The summed E-state index contributed by atoms with van der Waals surface area (Å²) in [6.07, 6.45) is -39.0. The number of carbonyl (C=O) groups is 1. The molecule has 0 unspecified atom stereocenters. The first-order valence-corrected chi connectivity index (χ1v) is 34.0. The molecule has 95 heavy (non-hydrogen) atoms. The van der Waals surface area contributed by atoms with Crippen molar-refractivity contribution in [2.75, 3.05) is 26.4 Å². The van der Waals surface area contributed by atoms with Crippen LogP contribution in [-0.4, -0.2) is 303 Å². The summed E-state index contributed by atoms with van der Waals surface area (Å²) in [5, 5.41) is 185. The predicted octanol–water partition coefficient (Wildman–Crippen LogP) is -3.69. The second kappa shape index (κ2) is 27.7. The lowest BCUT2D eigenvalue weighted by molar-refractivity contribution is -0.382. The topological polar surface area (TPSA) is 472 Å². The van der Waals surface area contributed by atoms with Gasteiger partial charge >= 0.3 is 5.97 Å². The second-order valence-electron chi connectivity index (χ2n) is 31.4. The molecule has 37 atom stereocenters. The van der Waals surface area contributed by atoms with Crippen LogP contribution in [0.4, 0.5) is 0 Å². The van der Waals surface area contributed by atoms with Crippen LogP contribution in [0.3, 0.4) is 0 Å². The summed E-state index contributed by atoms with van der Waals surface area (Å²) < 4.78 is 71.9. The summed E-state index contributed by atoms with van der Waals surface area (Å²) in [6, 6.07) is 0. The van der Waals surface area contributed by atoms with Gasteiger partial charge in [-0.1, -0.05) is 60.1 Å². The van der Waals surface area contributed by atoms with Crippen molar-refractivity contribution in [2.45, 2.75) is 311 Å². The molecule has 0 aromatic heterocycles. The molecule has 17 N–H and O–H groups in total. The Kier molecular flexibility index (Phi) is 21.7. The number of allylic oxidation sites excluding steroid dienone is 2. The molecule has 546 valence electrons. The third-order valence-electron chi connectivity index (χ3n) is 25.2. The maximum Gasteiger partial charge on any atom is 0.315 e.